The monoisotopic (exact) mass is 367 g/mol. The van der Waals surface area contributed by atoms with E-state index in [4.69, 9.17) is 9.47 Å². The number of phenols is 1. The molecule has 1 saturated heterocycles. The lowest BCUT2D eigenvalue weighted by Crippen LogP contribution is -2.78. The van der Waals surface area contributed by atoms with Gasteiger partial charge in [-0.05, 0) is 80.9 Å². The first kappa shape index (κ1) is 15.6. The van der Waals surface area contributed by atoms with Crippen molar-refractivity contribution in [1.82, 2.24) is 4.90 Å². The number of likely N-dealkylation sites (tertiary alicyclic amines) is 1. The first-order valence-corrected chi connectivity index (χ1v) is 10.9. The van der Waals surface area contributed by atoms with Crippen LogP contribution in [0.5, 0.6) is 11.5 Å². The van der Waals surface area contributed by atoms with Crippen LogP contribution in [0.25, 0.3) is 0 Å². The van der Waals surface area contributed by atoms with Crippen molar-refractivity contribution in [3.8, 4) is 11.5 Å². The van der Waals surface area contributed by atoms with Crippen molar-refractivity contribution in [2.75, 3.05) is 20.2 Å². The van der Waals surface area contributed by atoms with Crippen molar-refractivity contribution in [3.05, 3.63) is 23.3 Å². The molecule has 1 aromatic carbocycles. The van der Waals surface area contributed by atoms with Crippen molar-refractivity contribution in [2.24, 2.45) is 11.3 Å². The first-order valence-electron chi connectivity index (χ1n) is 10.9. The molecule has 0 amide bonds. The van der Waals surface area contributed by atoms with Crippen molar-refractivity contribution in [2.45, 2.75) is 74.5 Å². The normalized spacial score (nSPS) is 46.3. The highest BCUT2D eigenvalue weighted by atomic mass is 16.6. The standard InChI is InChI=1S/C23H29NO3/c1-26-22-8-6-21(7-9-22)17-12-15-4-5-16(25)19-18(15)23(21,20(22)27-19)10-11-24(17)13-14-2-3-14/h4-5,14,17,20,25H,2-3,6-13H2,1H3/t17-,20?,21?,22?,23+/m1/s1. The predicted octanol–water partition coefficient (Wildman–Crippen LogP) is 3.39. The van der Waals surface area contributed by atoms with Crippen LogP contribution in [0.3, 0.4) is 0 Å². The van der Waals surface area contributed by atoms with E-state index in [2.05, 4.69) is 11.0 Å². The van der Waals surface area contributed by atoms with Crippen LogP contribution >= 0.6 is 0 Å². The van der Waals surface area contributed by atoms with Crippen molar-refractivity contribution in [3.63, 3.8) is 0 Å². The Kier molecular flexibility index (Phi) is 2.70. The average molecular weight is 367 g/mol. The summed E-state index contributed by atoms with van der Waals surface area (Å²) in [5.74, 6) is 2.06. The lowest BCUT2D eigenvalue weighted by atomic mass is 9.36. The van der Waals surface area contributed by atoms with Crippen LogP contribution in [-0.4, -0.2) is 48.0 Å². The van der Waals surface area contributed by atoms with Gasteiger partial charge < -0.3 is 14.6 Å². The van der Waals surface area contributed by atoms with Gasteiger partial charge in [0, 0.05) is 30.7 Å². The van der Waals surface area contributed by atoms with Crippen molar-refractivity contribution >= 4 is 0 Å². The number of ether oxygens (including phenoxy) is 2. The Labute approximate surface area is 160 Å². The zero-order valence-electron chi connectivity index (χ0n) is 16.2. The predicted molar refractivity (Wildman–Crippen MR) is 101 cm³/mol. The molecule has 2 aliphatic heterocycles. The topological polar surface area (TPSA) is 41.9 Å². The highest BCUT2D eigenvalue weighted by Gasteiger charge is 2.78. The van der Waals surface area contributed by atoms with Gasteiger partial charge >= 0.3 is 0 Å². The molecule has 0 radical (unpaired) electrons. The van der Waals surface area contributed by atoms with E-state index in [-0.39, 0.29) is 17.1 Å². The molecular weight excluding hydrogens is 338 g/mol. The van der Waals surface area contributed by atoms with Crippen molar-refractivity contribution < 1.29 is 14.6 Å². The number of fused-ring (bicyclic) bond motifs is 2. The highest BCUT2D eigenvalue weighted by molar-refractivity contribution is 5.63. The molecule has 8 rings (SSSR count). The van der Waals surface area contributed by atoms with Crippen molar-refractivity contribution in [1.29, 1.82) is 0 Å². The van der Waals surface area contributed by atoms with E-state index < -0.39 is 0 Å². The van der Waals surface area contributed by atoms with Crippen LogP contribution in [0.2, 0.25) is 0 Å². The summed E-state index contributed by atoms with van der Waals surface area (Å²) in [7, 11) is 1.88. The van der Waals surface area contributed by atoms with Gasteiger partial charge in [0.2, 0.25) is 0 Å². The lowest BCUT2D eigenvalue weighted by Gasteiger charge is -2.72. The number of piperidine rings is 1. The molecule has 144 valence electrons. The summed E-state index contributed by atoms with van der Waals surface area (Å²) in [6.07, 6.45) is 9.93. The van der Waals surface area contributed by atoms with Crippen LogP contribution in [0.15, 0.2) is 12.1 Å². The second kappa shape index (κ2) is 4.65. The fourth-order valence-corrected chi connectivity index (χ4v) is 8.29. The van der Waals surface area contributed by atoms with Gasteiger partial charge in [-0.25, -0.2) is 0 Å². The number of methoxy groups -OCH3 is 1. The summed E-state index contributed by atoms with van der Waals surface area (Å²) in [5.41, 5.74) is 2.98. The minimum atomic E-state index is -0.176. The van der Waals surface area contributed by atoms with E-state index in [1.54, 1.807) is 0 Å². The van der Waals surface area contributed by atoms with E-state index >= 15 is 0 Å². The van der Waals surface area contributed by atoms with Gasteiger partial charge in [0.15, 0.2) is 11.5 Å². The Morgan fingerprint density at radius 3 is 2.74 bits per heavy atom. The van der Waals surface area contributed by atoms with Gasteiger partial charge in [-0.3, -0.25) is 4.90 Å². The Balaban J connectivity index is 1.48. The fraction of sp³-hybridized carbons (Fsp3) is 0.739. The number of phenolic OH excluding ortho intramolecular Hbond substituents is 1. The maximum Gasteiger partial charge on any atom is 0.165 e. The Morgan fingerprint density at radius 1 is 1.19 bits per heavy atom. The highest BCUT2D eigenvalue weighted by Crippen LogP contribution is 2.75. The molecule has 4 heteroatoms. The Bertz CT molecular complexity index is 838. The summed E-state index contributed by atoms with van der Waals surface area (Å²) < 4.78 is 12.9. The number of hydrogen-bond acceptors (Lipinski definition) is 4. The minimum absolute atomic E-state index is 0.0475. The number of nitrogens with zero attached hydrogens (tertiary/aromatic N) is 1. The molecule has 4 bridgehead atoms. The van der Waals surface area contributed by atoms with E-state index in [0.29, 0.717) is 17.2 Å². The molecule has 5 aliphatic carbocycles. The van der Waals surface area contributed by atoms with Gasteiger partial charge in [-0.2, -0.15) is 0 Å². The number of benzene rings is 1. The van der Waals surface area contributed by atoms with Gasteiger partial charge in [0.1, 0.15) is 11.7 Å². The van der Waals surface area contributed by atoms with Crippen LogP contribution in [0, 0.1) is 11.3 Å². The van der Waals surface area contributed by atoms with Crippen LogP contribution in [0.4, 0.5) is 0 Å². The van der Waals surface area contributed by atoms with Gasteiger partial charge in [0.05, 0.1) is 0 Å². The fourth-order valence-electron chi connectivity index (χ4n) is 8.29. The van der Waals surface area contributed by atoms with E-state index in [1.807, 2.05) is 13.2 Å². The second-order valence-corrected chi connectivity index (χ2v) is 10.3. The molecule has 5 fully saturated rings. The molecule has 27 heavy (non-hydrogen) atoms. The van der Waals surface area contributed by atoms with Gasteiger partial charge in [0.25, 0.3) is 0 Å². The third-order valence-electron chi connectivity index (χ3n) is 9.59. The van der Waals surface area contributed by atoms with Crippen LogP contribution in [0.1, 0.15) is 56.1 Å². The third kappa shape index (κ3) is 1.55. The molecule has 3 atom stereocenters. The lowest BCUT2D eigenvalue weighted by molar-refractivity contribution is -0.251. The summed E-state index contributed by atoms with van der Waals surface area (Å²) >= 11 is 0. The Morgan fingerprint density at radius 2 is 2.00 bits per heavy atom. The maximum atomic E-state index is 10.7. The summed E-state index contributed by atoms with van der Waals surface area (Å²) in [6.45, 7) is 2.47. The smallest absolute Gasteiger partial charge is 0.165 e. The summed E-state index contributed by atoms with van der Waals surface area (Å²) in [4.78, 5) is 2.86. The molecular formula is C23H29NO3. The summed E-state index contributed by atoms with van der Waals surface area (Å²) in [6, 6.07) is 4.68. The largest absolute Gasteiger partial charge is 0.504 e. The molecule has 1 unspecified atom stereocenters. The first-order chi connectivity index (χ1) is 13.1. The quantitative estimate of drug-likeness (QED) is 0.889. The van der Waals surface area contributed by atoms with E-state index in [1.165, 1.54) is 49.9 Å². The van der Waals surface area contributed by atoms with E-state index in [0.717, 1.165) is 37.4 Å². The molecule has 7 aliphatic rings. The van der Waals surface area contributed by atoms with Gasteiger partial charge in [-0.15, -0.1) is 0 Å². The molecule has 1 N–H and O–H groups in total. The molecule has 4 saturated carbocycles. The second-order valence-electron chi connectivity index (χ2n) is 10.3. The van der Waals surface area contributed by atoms with E-state index in [9.17, 15) is 5.11 Å². The van der Waals surface area contributed by atoms with Gasteiger partial charge in [-0.1, -0.05) is 6.07 Å². The third-order valence-corrected chi connectivity index (χ3v) is 9.59. The number of hydrogen-bond donors (Lipinski definition) is 1. The number of aromatic hydroxyl groups is 1. The SMILES string of the molecule is COC12CCC3(CC1)[C@H]1Cc4ccc(O)c5c4[C@@]3(CCN1CC1CC1)C2O5. The maximum absolute atomic E-state index is 10.7. The molecule has 2 heterocycles. The zero-order chi connectivity index (χ0) is 18.0. The van der Waals surface area contributed by atoms with Crippen LogP contribution in [-0.2, 0) is 16.6 Å². The van der Waals surface area contributed by atoms with Crippen LogP contribution < -0.4 is 4.74 Å². The molecule has 0 aromatic heterocycles. The Hall–Kier alpha value is -1.26. The molecule has 2 spiro atoms. The average Bonchev–Trinajstić information content (AvgIpc) is 3.43. The molecule has 1 aromatic rings. The molecule has 4 nitrogen and oxygen atoms in total. The minimum Gasteiger partial charge on any atom is -0.504 e. The summed E-state index contributed by atoms with van der Waals surface area (Å²) in [5, 5.41) is 10.7. The zero-order valence-corrected chi connectivity index (χ0v) is 16.2. The number of rotatable bonds is 3.